The number of piperidine rings is 1. The molecule has 2 atom stereocenters. The van der Waals surface area contributed by atoms with Crippen LogP contribution >= 0.6 is 12.2 Å². The van der Waals surface area contributed by atoms with Gasteiger partial charge in [-0.05, 0) is 56.6 Å². The van der Waals surface area contributed by atoms with E-state index < -0.39 is 11.6 Å². The molecule has 41 heavy (non-hydrogen) atoms. The van der Waals surface area contributed by atoms with Gasteiger partial charge in [-0.2, -0.15) is 0 Å². The number of carbonyl (C=O) groups excluding carboxylic acids is 2. The average Bonchev–Trinajstić information content (AvgIpc) is 3.40. The van der Waals surface area contributed by atoms with E-state index in [1.54, 1.807) is 0 Å². The number of likely N-dealkylation sites (tertiary alicyclic amines) is 1. The van der Waals surface area contributed by atoms with E-state index in [2.05, 4.69) is 60.1 Å². The molecule has 2 heterocycles. The number of aromatic nitrogens is 2. The molecule has 1 unspecified atom stereocenters. The van der Waals surface area contributed by atoms with Crippen molar-refractivity contribution in [3.63, 3.8) is 0 Å². The van der Waals surface area contributed by atoms with Gasteiger partial charge >= 0.3 is 0 Å². The summed E-state index contributed by atoms with van der Waals surface area (Å²) in [6.07, 6.45) is 8.11. The van der Waals surface area contributed by atoms with Gasteiger partial charge in [0.2, 0.25) is 12.3 Å². The highest BCUT2D eigenvalue weighted by molar-refractivity contribution is 7.80. The average molecular weight is 594 g/mol. The minimum Gasteiger partial charge on any atom is -0.363 e. The SMILES string of the molecule is CC.CC(C)CCC(=O)N[C@H](C)CC(=S)N1CCCCC1C(C)C.O=CNCc1ncc(-c2ccc(F)cc2F)[nH]1. The molecule has 230 valence electrons. The topological polar surface area (TPSA) is 90.1 Å². The van der Waals surface area contributed by atoms with E-state index in [4.69, 9.17) is 12.2 Å². The molecule has 2 aromatic rings. The molecule has 0 bridgehead atoms. The van der Waals surface area contributed by atoms with Gasteiger partial charge in [-0.15, -0.1) is 0 Å². The van der Waals surface area contributed by atoms with Crippen LogP contribution in [-0.2, 0) is 16.1 Å². The molecule has 2 amide bonds. The summed E-state index contributed by atoms with van der Waals surface area (Å²) in [6, 6.07) is 4.00. The zero-order valence-corrected chi connectivity index (χ0v) is 26.5. The molecule has 3 N–H and O–H groups in total. The number of rotatable bonds is 11. The minimum absolute atomic E-state index is 0.127. The zero-order valence-electron chi connectivity index (χ0n) is 25.7. The highest BCUT2D eigenvalue weighted by Crippen LogP contribution is 2.25. The third kappa shape index (κ3) is 13.1. The fraction of sp³-hybridized carbons (Fsp3) is 0.613. The Morgan fingerprint density at radius 1 is 1.20 bits per heavy atom. The standard InChI is InChI=1S/C18H34N2OS.C11H9F2N3O.C2H6/c1-13(2)9-10-17(21)19-15(5)12-18(22)20-11-7-6-8-16(20)14(3)4;12-7-1-2-8(9(13)3-7)10-4-15-11(16-10)5-14-6-17;1-2/h13-16H,6-12H2,1-5H3,(H,19,21);1-4,6H,5H2,(H,14,17)(H,15,16);1-2H3/t15-,16?;;/m1../s1. The maximum absolute atomic E-state index is 13.4. The number of amides is 2. The number of hydrogen-bond donors (Lipinski definition) is 3. The third-order valence-electron chi connectivity index (χ3n) is 6.68. The second-order valence-electron chi connectivity index (χ2n) is 10.9. The summed E-state index contributed by atoms with van der Waals surface area (Å²) in [5.41, 5.74) is 0.668. The molecular weight excluding hydrogens is 544 g/mol. The van der Waals surface area contributed by atoms with Crippen molar-refractivity contribution in [1.82, 2.24) is 25.5 Å². The van der Waals surface area contributed by atoms with Crippen LogP contribution in [0, 0.1) is 23.5 Å². The fourth-order valence-corrected chi connectivity index (χ4v) is 5.07. The molecule has 0 spiro atoms. The third-order valence-corrected chi connectivity index (χ3v) is 7.08. The van der Waals surface area contributed by atoms with Crippen molar-refractivity contribution >= 4 is 29.5 Å². The number of nitrogens with one attached hydrogen (secondary N) is 3. The number of hydrogen-bond acceptors (Lipinski definition) is 4. The Hall–Kier alpha value is -2.88. The molecular formula is C31H49F2N5O2S. The summed E-state index contributed by atoms with van der Waals surface area (Å²) in [5.74, 6) is 0.563. The van der Waals surface area contributed by atoms with E-state index in [0.29, 0.717) is 42.2 Å². The molecule has 0 aliphatic carbocycles. The number of halogens is 2. The van der Waals surface area contributed by atoms with Crippen LogP contribution in [0.3, 0.4) is 0 Å². The summed E-state index contributed by atoms with van der Waals surface area (Å²) in [6.45, 7) is 16.2. The lowest BCUT2D eigenvalue weighted by Crippen LogP contribution is -2.47. The van der Waals surface area contributed by atoms with Crippen molar-refractivity contribution in [3.8, 4) is 11.3 Å². The van der Waals surface area contributed by atoms with Crippen LogP contribution in [0.4, 0.5) is 8.78 Å². The summed E-state index contributed by atoms with van der Waals surface area (Å²) >= 11 is 5.68. The molecule has 1 fully saturated rings. The molecule has 0 radical (unpaired) electrons. The summed E-state index contributed by atoms with van der Waals surface area (Å²) < 4.78 is 26.2. The van der Waals surface area contributed by atoms with Crippen molar-refractivity contribution in [2.24, 2.45) is 11.8 Å². The van der Waals surface area contributed by atoms with Crippen LogP contribution in [0.2, 0.25) is 0 Å². The summed E-state index contributed by atoms with van der Waals surface area (Å²) in [4.78, 5) is 32.2. The first-order valence-electron chi connectivity index (χ1n) is 14.8. The maximum atomic E-state index is 13.4. The van der Waals surface area contributed by atoms with Crippen LogP contribution in [-0.4, -0.2) is 50.8 Å². The Morgan fingerprint density at radius 2 is 1.90 bits per heavy atom. The van der Waals surface area contributed by atoms with Crippen molar-refractivity contribution in [2.45, 2.75) is 106 Å². The number of nitrogens with zero attached hydrogens (tertiary/aromatic N) is 2. The van der Waals surface area contributed by atoms with Gasteiger partial charge in [0.05, 0.1) is 23.4 Å². The van der Waals surface area contributed by atoms with Gasteiger partial charge in [-0.1, -0.05) is 53.8 Å². The van der Waals surface area contributed by atoms with Crippen LogP contribution in [0.5, 0.6) is 0 Å². The van der Waals surface area contributed by atoms with E-state index in [1.165, 1.54) is 37.6 Å². The number of H-pyrrole nitrogens is 1. The van der Waals surface area contributed by atoms with Gasteiger partial charge in [-0.3, -0.25) is 9.59 Å². The number of aromatic amines is 1. The minimum atomic E-state index is -0.663. The monoisotopic (exact) mass is 593 g/mol. The number of benzene rings is 1. The van der Waals surface area contributed by atoms with E-state index in [0.717, 1.165) is 30.4 Å². The van der Waals surface area contributed by atoms with Crippen LogP contribution in [0.25, 0.3) is 11.3 Å². The largest absolute Gasteiger partial charge is 0.363 e. The van der Waals surface area contributed by atoms with E-state index in [-0.39, 0.29) is 24.1 Å². The predicted octanol–water partition coefficient (Wildman–Crippen LogP) is 6.78. The van der Waals surface area contributed by atoms with Crippen LogP contribution < -0.4 is 10.6 Å². The number of imidazole rings is 1. The molecule has 10 heteroatoms. The maximum Gasteiger partial charge on any atom is 0.220 e. The van der Waals surface area contributed by atoms with Gasteiger partial charge in [0, 0.05) is 43.1 Å². The van der Waals surface area contributed by atoms with Crippen LogP contribution in [0.1, 0.15) is 92.8 Å². The summed E-state index contributed by atoms with van der Waals surface area (Å²) in [7, 11) is 0. The molecule has 1 aromatic heterocycles. The molecule has 7 nitrogen and oxygen atoms in total. The van der Waals surface area contributed by atoms with Crippen molar-refractivity contribution < 1.29 is 18.4 Å². The smallest absolute Gasteiger partial charge is 0.220 e. The number of thiocarbonyl (C=S) groups is 1. The number of carbonyl (C=O) groups is 2. The van der Waals surface area contributed by atoms with E-state index in [1.807, 2.05) is 13.8 Å². The van der Waals surface area contributed by atoms with E-state index in [9.17, 15) is 18.4 Å². The van der Waals surface area contributed by atoms with Gasteiger partial charge in [-0.25, -0.2) is 13.8 Å². The summed E-state index contributed by atoms with van der Waals surface area (Å²) in [5, 5.41) is 5.52. The molecule has 3 rings (SSSR count). The lowest BCUT2D eigenvalue weighted by Gasteiger charge is -2.40. The molecule has 1 aliphatic rings. The highest BCUT2D eigenvalue weighted by Gasteiger charge is 2.27. The molecule has 1 aromatic carbocycles. The molecule has 0 saturated carbocycles. The lowest BCUT2D eigenvalue weighted by molar-refractivity contribution is -0.121. The van der Waals surface area contributed by atoms with Crippen molar-refractivity contribution in [3.05, 3.63) is 41.9 Å². The quantitative estimate of drug-likeness (QED) is 0.197. The Morgan fingerprint density at radius 3 is 2.51 bits per heavy atom. The molecule has 1 aliphatic heterocycles. The zero-order chi connectivity index (χ0) is 30.9. The van der Waals surface area contributed by atoms with E-state index >= 15 is 0 Å². The molecule has 1 saturated heterocycles. The van der Waals surface area contributed by atoms with Gasteiger partial charge in [0.15, 0.2) is 0 Å². The van der Waals surface area contributed by atoms with Gasteiger partial charge < -0.3 is 20.5 Å². The lowest BCUT2D eigenvalue weighted by atomic mass is 9.92. The first-order chi connectivity index (χ1) is 19.5. The second-order valence-corrected chi connectivity index (χ2v) is 11.3. The predicted molar refractivity (Wildman–Crippen MR) is 166 cm³/mol. The van der Waals surface area contributed by atoms with Gasteiger partial charge in [0.25, 0.3) is 0 Å². The fourth-order valence-electron chi connectivity index (χ4n) is 4.59. The Bertz CT molecular complexity index is 1080. The van der Waals surface area contributed by atoms with Gasteiger partial charge in [0.1, 0.15) is 17.5 Å². The van der Waals surface area contributed by atoms with Crippen LogP contribution in [0.15, 0.2) is 24.4 Å². The van der Waals surface area contributed by atoms with Crippen molar-refractivity contribution in [1.29, 1.82) is 0 Å². The second kappa shape index (κ2) is 19.3. The normalized spacial score (nSPS) is 15.3. The Kier molecular flexibility index (Phi) is 17.0. The Labute approximate surface area is 250 Å². The Balaban J connectivity index is 0.000000396. The first kappa shape index (κ1) is 36.1. The first-order valence-corrected chi connectivity index (χ1v) is 15.2. The highest BCUT2D eigenvalue weighted by atomic mass is 32.1. The van der Waals surface area contributed by atoms with Crippen molar-refractivity contribution in [2.75, 3.05) is 6.54 Å².